The Balaban J connectivity index is 1.94. The average Bonchev–Trinajstić information content (AvgIpc) is 2.25. The van der Waals surface area contributed by atoms with E-state index < -0.39 is 0 Å². The molecule has 1 aromatic rings. The summed E-state index contributed by atoms with van der Waals surface area (Å²) in [6.07, 6.45) is 2.08. The van der Waals surface area contributed by atoms with Gasteiger partial charge in [0.15, 0.2) is 0 Å². The number of methoxy groups -OCH3 is 1. The molecule has 15 heavy (non-hydrogen) atoms. The van der Waals surface area contributed by atoms with Crippen LogP contribution in [0.2, 0.25) is 0 Å². The Morgan fingerprint density at radius 2 is 2.07 bits per heavy atom. The van der Waals surface area contributed by atoms with Gasteiger partial charge in [-0.3, -0.25) is 4.79 Å². The molecule has 1 aliphatic carbocycles. The van der Waals surface area contributed by atoms with Crippen LogP contribution in [0.15, 0.2) is 35.2 Å². The summed E-state index contributed by atoms with van der Waals surface area (Å²) in [6, 6.07) is 10.2. The molecule has 80 valence electrons. The molecule has 0 bridgehead atoms. The van der Waals surface area contributed by atoms with Gasteiger partial charge in [-0.1, -0.05) is 18.2 Å². The van der Waals surface area contributed by atoms with E-state index in [0.29, 0.717) is 5.25 Å². The highest BCUT2D eigenvalue weighted by atomic mass is 32.2. The molecule has 1 saturated carbocycles. The molecular formula is C12H14O2S. The Morgan fingerprint density at radius 1 is 1.33 bits per heavy atom. The van der Waals surface area contributed by atoms with Gasteiger partial charge >= 0.3 is 5.97 Å². The molecule has 0 N–H and O–H groups in total. The SMILES string of the molecule is COC(=O)[C@H]1CC[C@@H]1Sc1ccccc1. The number of carbonyl (C=O) groups is 1. The quantitative estimate of drug-likeness (QED) is 0.736. The number of ether oxygens (including phenoxy) is 1. The number of hydrogen-bond acceptors (Lipinski definition) is 3. The number of rotatable bonds is 3. The Kier molecular flexibility index (Phi) is 3.31. The first-order valence-corrected chi connectivity index (χ1v) is 5.99. The Labute approximate surface area is 94.0 Å². The maximum atomic E-state index is 11.4. The molecular weight excluding hydrogens is 208 g/mol. The largest absolute Gasteiger partial charge is 0.469 e. The van der Waals surface area contributed by atoms with Gasteiger partial charge in [0.05, 0.1) is 13.0 Å². The fourth-order valence-electron chi connectivity index (χ4n) is 1.71. The second-order valence-corrected chi connectivity index (χ2v) is 4.99. The van der Waals surface area contributed by atoms with Crippen molar-refractivity contribution in [3.63, 3.8) is 0 Å². The van der Waals surface area contributed by atoms with E-state index in [2.05, 4.69) is 12.1 Å². The van der Waals surface area contributed by atoms with Gasteiger partial charge in [0.2, 0.25) is 0 Å². The van der Waals surface area contributed by atoms with Crippen molar-refractivity contribution in [2.24, 2.45) is 5.92 Å². The highest BCUT2D eigenvalue weighted by Gasteiger charge is 2.37. The molecule has 2 rings (SSSR count). The second kappa shape index (κ2) is 4.71. The zero-order valence-electron chi connectivity index (χ0n) is 8.68. The van der Waals surface area contributed by atoms with Crippen molar-refractivity contribution in [3.05, 3.63) is 30.3 Å². The Hall–Kier alpha value is -0.960. The van der Waals surface area contributed by atoms with Gasteiger partial charge in [-0.05, 0) is 25.0 Å². The third-order valence-corrected chi connectivity index (χ3v) is 4.16. The lowest BCUT2D eigenvalue weighted by molar-refractivity contribution is -0.147. The highest BCUT2D eigenvalue weighted by molar-refractivity contribution is 8.00. The van der Waals surface area contributed by atoms with Gasteiger partial charge in [0.25, 0.3) is 0 Å². The monoisotopic (exact) mass is 222 g/mol. The summed E-state index contributed by atoms with van der Waals surface area (Å²) < 4.78 is 4.77. The van der Waals surface area contributed by atoms with E-state index in [1.165, 1.54) is 12.0 Å². The highest BCUT2D eigenvalue weighted by Crippen LogP contribution is 2.41. The lowest BCUT2D eigenvalue weighted by atomic mass is 9.85. The first-order valence-electron chi connectivity index (χ1n) is 5.11. The smallest absolute Gasteiger partial charge is 0.309 e. The van der Waals surface area contributed by atoms with E-state index >= 15 is 0 Å². The summed E-state index contributed by atoms with van der Waals surface area (Å²) >= 11 is 1.78. The van der Waals surface area contributed by atoms with Crippen LogP contribution in [0, 0.1) is 5.92 Å². The third kappa shape index (κ3) is 2.34. The average molecular weight is 222 g/mol. The van der Waals surface area contributed by atoms with Crippen molar-refractivity contribution in [2.75, 3.05) is 7.11 Å². The van der Waals surface area contributed by atoms with E-state index in [1.54, 1.807) is 11.8 Å². The maximum absolute atomic E-state index is 11.4. The summed E-state index contributed by atoms with van der Waals surface area (Å²) in [7, 11) is 1.46. The normalized spacial score (nSPS) is 24.3. The van der Waals surface area contributed by atoms with Crippen LogP contribution < -0.4 is 0 Å². The minimum atomic E-state index is -0.0605. The van der Waals surface area contributed by atoms with E-state index in [-0.39, 0.29) is 11.9 Å². The van der Waals surface area contributed by atoms with E-state index in [9.17, 15) is 4.79 Å². The first kappa shape index (κ1) is 10.6. The Bertz CT molecular complexity index is 337. The molecule has 0 spiro atoms. The van der Waals surface area contributed by atoms with Gasteiger partial charge in [0, 0.05) is 10.1 Å². The summed E-state index contributed by atoms with van der Waals surface area (Å²) in [5, 5.41) is 0.403. The molecule has 0 amide bonds. The van der Waals surface area contributed by atoms with E-state index in [1.807, 2.05) is 18.2 Å². The van der Waals surface area contributed by atoms with Gasteiger partial charge in [-0.25, -0.2) is 0 Å². The van der Waals surface area contributed by atoms with Crippen molar-refractivity contribution in [3.8, 4) is 0 Å². The summed E-state index contributed by atoms with van der Waals surface area (Å²) in [5.74, 6) is 0.0369. The predicted octanol–water partition coefficient (Wildman–Crippen LogP) is 2.73. The van der Waals surface area contributed by atoms with Gasteiger partial charge < -0.3 is 4.74 Å². The zero-order valence-corrected chi connectivity index (χ0v) is 9.50. The minimum Gasteiger partial charge on any atom is -0.469 e. The molecule has 0 heterocycles. The Morgan fingerprint density at radius 3 is 2.60 bits per heavy atom. The molecule has 0 aromatic heterocycles. The van der Waals surface area contributed by atoms with Crippen LogP contribution in [0.5, 0.6) is 0 Å². The van der Waals surface area contributed by atoms with Crippen LogP contribution in [-0.2, 0) is 9.53 Å². The van der Waals surface area contributed by atoms with Crippen molar-refractivity contribution >= 4 is 17.7 Å². The van der Waals surface area contributed by atoms with E-state index in [4.69, 9.17) is 4.74 Å². The molecule has 0 saturated heterocycles. The lowest BCUT2D eigenvalue weighted by Crippen LogP contribution is -2.36. The summed E-state index contributed by atoms with van der Waals surface area (Å²) in [6.45, 7) is 0. The van der Waals surface area contributed by atoms with Crippen molar-refractivity contribution < 1.29 is 9.53 Å². The number of benzene rings is 1. The van der Waals surface area contributed by atoms with Crippen LogP contribution in [0.1, 0.15) is 12.8 Å². The van der Waals surface area contributed by atoms with Crippen LogP contribution in [0.25, 0.3) is 0 Å². The molecule has 0 radical (unpaired) electrons. The fourth-order valence-corrected chi connectivity index (χ4v) is 3.03. The second-order valence-electron chi connectivity index (χ2n) is 3.68. The van der Waals surface area contributed by atoms with Gasteiger partial charge in [-0.2, -0.15) is 0 Å². The predicted molar refractivity (Wildman–Crippen MR) is 60.8 cm³/mol. The standard InChI is InChI=1S/C12H14O2S/c1-14-12(13)10-7-8-11(10)15-9-5-3-2-4-6-9/h2-6,10-11H,7-8H2,1H3/t10-,11-/m0/s1. The van der Waals surface area contributed by atoms with Crippen molar-refractivity contribution in [2.45, 2.75) is 23.0 Å². The maximum Gasteiger partial charge on any atom is 0.309 e. The molecule has 2 atom stereocenters. The number of carbonyl (C=O) groups excluding carboxylic acids is 1. The third-order valence-electron chi connectivity index (χ3n) is 2.75. The number of thioether (sulfide) groups is 1. The molecule has 2 nitrogen and oxygen atoms in total. The van der Waals surface area contributed by atoms with Crippen molar-refractivity contribution in [1.29, 1.82) is 0 Å². The van der Waals surface area contributed by atoms with Gasteiger partial charge in [-0.15, -0.1) is 11.8 Å². The molecule has 1 aliphatic rings. The fraction of sp³-hybridized carbons (Fsp3) is 0.417. The molecule has 0 aliphatic heterocycles. The summed E-state index contributed by atoms with van der Waals surface area (Å²) in [4.78, 5) is 12.6. The van der Waals surface area contributed by atoms with E-state index in [0.717, 1.165) is 12.8 Å². The number of esters is 1. The first-order chi connectivity index (χ1) is 7.31. The topological polar surface area (TPSA) is 26.3 Å². The van der Waals surface area contributed by atoms with Crippen LogP contribution in [-0.4, -0.2) is 18.3 Å². The number of hydrogen-bond donors (Lipinski definition) is 0. The van der Waals surface area contributed by atoms with Gasteiger partial charge in [0.1, 0.15) is 0 Å². The van der Waals surface area contributed by atoms with Crippen LogP contribution in [0.4, 0.5) is 0 Å². The van der Waals surface area contributed by atoms with Crippen molar-refractivity contribution in [1.82, 2.24) is 0 Å². The molecule has 0 unspecified atom stereocenters. The molecule has 1 aromatic carbocycles. The van der Waals surface area contributed by atoms with Crippen LogP contribution >= 0.6 is 11.8 Å². The minimum absolute atomic E-state index is 0.0605. The summed E-state index contributed by atoms with van der Waals surface area (Å²) in [5.41, 5.74) is 0. The lowest BCUT2D eigenvalue weighted by Gasteiger charge is -2.33. The molecule has 1 fully saturated rings. The zero-order chi connectivity index (χ0) is 10.7. The van der Waals surface area contributed by atoms with Crippen LogP contribution in [0.3, 0.4) is 0 Å². The molecule has 3 heteroatoms.